The lowest BCUT2D eigenvalue weighted by Crippen LogP contribution is -2.34. The smallest absolute Gasteiger partial charge is 0.275 e. The lowest BCUT2D eigenvalue weighted by molar-refractivity contribution is -0.386. The molecule has 14 nitrogen and oxygen atoms in total. The molecule has 0 bridgehead atoms. The van der Waals surface area contributed by atoms with Gasteiger partial charge < -0.3 is 28.0 Å². The third kappa shape index (κ3) is 11.6. The Morgan fingerprint density at radius 2 is 1.11 bits per heavy atom. The lowest BCUT2D eigenvalue weighted by atomic mass is 9.80. The topological polar surface area (TPSA) is 169 Å². The second-order valence-corrected chi connectivity index (χ2v) is 16.1. The Kier molecular flexibility index (Phi) is 17.4. The van der Waals surface area contributed by atoms with Crippen molar-refractivity contribution >= 4 is 19.9 Å². The Labute approximate surface area is 364 Å². The molecule has 3 atom stereocenters. The van der Waals surface area contributed by atoms with Gasteiger partial charge in [0.15, 0.2) is 0 Å². The van der Waals surface area contributed by atoms with E-state index in [0.29, 0.717) is 11.5 Å². The standard InChI is InChI=1S/C47H53N4O10P/c1-34(2)49(35(3)4)62(60-30-14-29-48)61-46(42-18-11-13-20-44(42)51(54)55)33-45(41-17-10-12-19-43(41)50(52)53)58-31-32-59-47(36-15-8-7-9-16-36,37-21-25-39(56-5)26-22-37)38-23-27-40(57-6)28-24-38/h7-13,15-28,34-35,45-46H,14,30-33H2,1-6H3. The summed E-state index contributed by atoms with van der Waals surface area (Å²) in [6.07, 6.45) is -2.07. The van der Waals surface area contributed by atoms with Crippen LogP contribution in [0.3, 0.4) is 0 Å². The van der Waals surface area contributed by atoms with Crippen LogP contribution in [0.1, 0.15) is 80.6 Å². The fourth-order valence-electron chi connectivity index (χ4n) is 7.42. The lowest BCUT2D eigenvalue weighted by Gasteiger charge is -2.38. The molecule has 0 saturated carbocycles. The van der Waals surface area contributed by atoms with Gasteiger partial charge in [0.05, 0.1) is 73.6 Å². The Hall–Kier alpha value is -5.78. The fourth-order valence-corrected chi connectivity index (χ4v) is 9.14. The molecule has 0 spiro atoms. The van der Waals surface area contributed by atoms with E-state index in [0.717, 1.165) is 16.7 Å². The van der Waals surface area contributed by atoms with Crippen LogP contribution in [0.2, 0.25) is 0 Å². The van der Waals surface area contributed by atoms with Gasteiger partial charge in [-0.1, -0.05) is 78.9 Å². The number of methoxy groups -OCH3 is 2. The van der Waals surface area contributed by atoms with E-state index in [-0.39, 0.29) is 67.2 Å². The fraction of sp³-hybridized carbons (Fsp3) is 0.340. The number of hydrogen-bond donors (Lipinski definition) is 0. The molecule has 0 aliphatic carbocycles. The molecule has 0 aliphatic rings. The SMILES string of the molecule is COc1ccc(C(OCCOC(CC(OP(OCCC#N)N(C(C)C)C(C)C)c2ccccc2[N+](=O)[O-])c2ccccc2[N+](=O)[O-])(c2ccccc2)c2ccc(OC)cc2)cc1. The minimum Gasteiger partial charge on any atom is -0.497 e. The Bertz CT molecular complexity index is 2180. The molecule has 0 amide bonds. The number of nitro benzene ring substituents is 2. The first kappa shape index (κ1) is 47.3. The van der Waals surface area contributed by atoms with Gasteiger partial charge in [-0.15, -0.1) is 0 Å². The molecule has 0 aromatic heterocycles. The van der Waals surface area contributed by atoms with Crippen LogP contribution < -0.4 is 9.47 Å². The second kappa shape index (κ2) is 22.9. The number of rotatable bonds is 24. The van der Waals surface area contributed by atoms with Crippen LogP contribution in [0.25, 0.3) is 0 Å². The highest BCUT2D eigenvalue weighted by atomic mass is 31.2. The number of para-hydroxylation sites is 2. The van der Waals surface area contributed by atoms with Crippen molar-refractivity contribution in [2.45, 2.75) is 70.4 Å². The van der Waals surface area contributed by atoms with Gasteiger partial charge in [0.25, 0.3) is 19.9 Å². The largest absolute Gasteiger partial charge is 0.497 e. The molecule has 0 saturated heterocycles. The summed E-state index contributed by atoms with van der Waals surface area (Å²) in [6, 6.07) is 39.4. The molecule has 0 N–H and O–H groups in total. The van der Waals surface area contributed by atoms with E-state index >= 15 is 0 Å². The quantitative estimate of drug-likeness (QED) is 0.0189. The van der Waals surface area contributed by atoms with E-state index in [1.165, 1.54) is 12.1 Å². The van der Waals surface area contributed by atoms with Crippen LogP contribution >= 0.6 is 8.53 Å². The minimum atomic E-state index is -1.92. The molecular formula is C47H53N4O10P. The molecule has 0 heterocycles. The van der Waals surface area contributed by atoms with E-state index in [2.05, 4.69) is 6.07 Å². The van der Waals surface area contributed by atoms with E-state index in [4.69, 9.17) is 28.0 Å². The molecular weight excluding hydrogens is 812 g/mol. The average molecular weight is 865 g/mol. The third-order valence-electron chi connectivity index (χ3n) is 10.2. The maximum Gasteiger partial charge on any atom is 0.275 e. The first-order valence-corrected chi connectivity index (χ1v) is 21.4. The van der Waals surface area contributed by atoms with Gasteiger partial charge in [0.2, 0.25) is 0 Å². The second-order valence-electron chi connectivity index (χ2n) is 14.7. The maximum atomic E-state index is 12.5. The van der Waals surface area contributed by atoms with Crippen LogP contribution in [0, 0.1) is 31.6 Å². The van der Waals surface area contributed by atoms with Gasteiger partial charge in [0, 0.05) is 30.6 Å². The highest BCUT2D eigenvalue weighted by molar-refractivity contribution is 7.44. The van der Waals surface area contributed by atoms with Crippen LogP contribution in [-0.2, 0) is 24.1 Å². The van der Waals surface area contributed by atoms with Crippen molar-refractivity contribution in [2.24, 2.45) is 0 Å². The van der Waals surface area contributed by atoms with Gasteiger partial charge in [-0.2, -0.15) is 5.26 Å². The molecule has 326 valence electrons. The Morgan fingerprint density at radius 1 is 0.645 bits per heavy atom. The van der Waals surface area contributed by atoms with Crippen LogP contribution in [0.4, 0.5) is 11.4 Å². The van der Waals surface area contributed by atoms with Crippen molar-refractivity contribution in [1.29, 1.82) is 5.26 Å². The highest BCUT2D eigenvalue weighted by Crippen LogP contribution is 2.53. The van der Waals surface area contributed by atoms with Gasteiger partial charge in [0.1, 0.15) is 23.2 Å². The predicted molar refractivity (Wildman–Crippen MR) is 237 cm³/mol. The summed E-state index contributed by atoms with van der Waals surface area (Å²) in [5, 5.41) is 34.4. The number of nitro groups is 2. The average Bonchev–Trinajstić information content (AvgIpc) is 3.28. The summed E-state index contributed by atoms with van der Waals surface area (Å²) in [7, 11) is 1.28. The van der Waals surface area contributed by atoms with E-state index in [9.17, 15) is 25.5 Å². The summed E-state index contributed by atoms with van der Waals surface area (Å²) >= 11 is 0. The number of hydrogen-bond acceptors (Lipinski definition) is 12. The van der Waals surface area contributed by atoms with Gasteiger partial charge >= 0.3 is 0 Å². The molecule has 15 heteroatoms. The molecule has 5 aromatic rings. The summed E-state index contributed by atoms with van der Waals surface area (Å²) in [4.78, 5) is 24.1. The molecule has 5 rings (SSSR count). The zero-order valence-corrected chi connectivity index (χ0v) is 36.7. The molecule has 0 radical (unpaired) electrons. The number of nitrogens with zero attached hydrogens (tertiary/aromatic N) is 4. The summed E-state index contributed by atoms with van der Waals surface area (Å²) in [5.74, 6) is 1.33. The van der Waals surface area contributed by atoms with Crippen LogP contribution in [0.5, 0.6) is 11.5 Å². The van der Waals surface area contributed by atoms with Crippen molar-refractivity contribution in [2.75, 3.05) is 34.0 Å². The predicted octanol–water partition coefficient (Wildman–Crippen LogP) is 11.0. The first-order chi connectivity index (χ1) is 29.9. The zero-order chi connectivity index (χ0) is 44.6. The van der Waals surface area contributed by atoms with Gasteiger partial charge in [-0.25, -0.2) is 4.67 Å². The third-order valence-corrected chi connectivity index (χ3v) is 12.3. The molecule has 0 aliphatic heterocycles. The zero-order valence-electron chi connectivity index (χ0n) is 35.8. The Morgan fingerprint density at radius 3 is 1.58 bits per heavy atom. The molecule has 3 unspecified atom stereocenters. The first-order valence-electron chi connectivity index (χ1n) is 20.3. The minimum absolute atomic E-state index is 0.000448. The van der Waals surface area contributed by atoms with Crippen molar-refractivity contribution in [3.8, 4) is 17.6 Å². The number of benzene rings is 5. The molecule has 5 aromatic carbocycles. The normalized spacial score (nSPS) is 13.1. The van der Waals surface area contributed by atoms with Crippen molar-refractivity contribution in [3.63, 3.8) is 0 Å². The van der Waals surface area contributed by atoms with E-state index in [1.807, 2.05) is 111 Å². The Balaban J connectivity index is 1.58. The number of nitriles is 1. The van der Waals surface area contributed by atoms with Crippen LogP contribution in [0.15, 0.2) is 127 Å². The van der Waals surface area contributed by atoms with Gasteiger partial charge in [-0.3, -0.25) is 20.2 Å². The van der Waals surface area contributed by atoms with Gasteiger partial charge in [-0.05, 0) is 80.8 Å². The van der Waals surface area contributed by atoms with Crippen molar-refractivity contribution < 1.29 is 37.8 Å². The number of ether oxygens (including phenoxy) is 4. The maximum absolute atomic E-state index is 12.5. The van der Waals surface area contributed by atoms with E-state index in [1.54, 1.807) is 50.6 Å². The summed E-state index contributed by atoms with van der Waals surface area (Å²) in [6.45, 7) is 7.95. The molecule has 62 heavy (non-hydrogen) atoms. The summed E-state index contributed by atoms with van der Waals surface area (Å²) < 4.78 is 39.8. The van der Waals surface area contributed by atoms with E-state index < -0.39 is 36.2 Å². The monoisotopic (exact) mass is 864 g/mol. The summed E-state index contributed by atoms with van der Waals surface area (Å²) in [5.41, 5.74) is 1.39. The van der Waals surface area contributed by atoms with Crippen LogP contribution in [-0.4, -0.2) is 60.6 Å². The highest BCUT2D eigenvalue weighted by Gasteiger charge is 2.39. The molecule has 0 fully saturated rings. The van der Waals surface area contributed by atoms with Crippen molar-refractivity contribution in [3.05, 3.63) is 175 Å². The van der Waals surface area contributed by atoms with Crippen molar-refractivity contribution in [1.82, 2.24) is 4.67 Å².